The van der Waals surface area contributed by atoms with Crippen LogP contribution in [0.5, 0.6) is 0 Å². The average Bonchev–Trinajstić information content (AvgIpc) is 2.62. The number of methoxy groups -OCH3 is 1. The Morgan fingerprint density at radius 1 is 1.38 bits per heavy atom. The zero-order valence-corrected chi connectivity index (χ0v) is 8.42. The van der Waals surface area contributed by atoms with Crippen LogP contribution in [0.25, 0.3) is 0 Å². The summed E-state index contributed by atoms with van der Waals surface area (Å²) in [5.74, 6) is -4.06. The minimum absolute atomic E-state index is 0.0413. The molecular weight excluding hydrogens is 218 g/mol. The molecule has 16 heavy (non-hydrogen) atoms. The molecule has 0 fully saturated rings. The van der Waals surface area contributed by atoms with E-state index in [9.17, 15) is 18.4 Å². The highest BCUT2D eigenvalue weighted by Crippen LogP contribution is 2.31. The Bertz CT molecular complexity index is 482. The van der Waals surface area contributed by atoms with Crippen molar-refractivity contribution in [3.63, 3.8) is 0 Å². The van der Waals surface area contributed by atoms with Gasteiger partial charge in [0.25, 0.3) is 0 Å². The van der Waals surface area contributed by atoms with Crippen LogP contribution in [-0.2, 0) is 16.0 Å². The molecule has 0 heterocycles. The van der Waals surface area contributed by atoms with Crippen molar-refractivity contribution in [2.24, 2.45) is 5.92 Å². The predicted octanol–water partition coefficient (Wildman–Crippen LogP) is 1.49. The molecule has 2 rings (SSSR count). The summed E-state index contributed by atoms with van der Waals surface area (Å²) >= 11 is 0. The third-order valence-electron chi connectivity index (χ3n) is 2.66. The van der Waals surface area contributed by atoms with Crippen LogP contribution >= 0.6 is 0 Å². The van der Waals surface area contributed by atoms with Crippen LogP contribution in [0.2, 0.25) is 0 Å². The second-order valence-electron chi connectivity index (χ2n) is 3.53. The molecule has 5 heteroatoms. The van der Waals surface area contributed by atoms with Crippen molar-refractivity contribution in [1.82, 2.24) is 0 Å². The van der Waals surface area contributed by atoms with E-state index in [1.165, 1.54) is 0 Å². The van der Waals surface area contributed by atoms with E-state index in [2.05, 4.69) is 4.74 Å². The Labute approximate surface area is 90.0 Å². The SMILES string of the molecule is COC(=O)C1Cc2c(F)ccc(F)c2C1=O. The number of carbonyl (C=O) groups excluding carboxylic acids is 2. The molecule has 0 spiro atoms. The summed E-state index contributed by atoms with van der Waals surface area (Å²) in [5, 5.41) is 0. The molecule has 0 bridgehead atoms. The zero-order valence-electron chi connectivity index (χ0n) is 8.42. The van der Waals surface area contributed by atoms with E-state index in [-0.39, 0.29) is 17.5 Å². The molecule has 1 aliphatic carbocycles. The van der Waals surface area contributed by atoms with Crippen LogP contribution in [0.1, 0.15) is 15.9 Å². The fraction of sp³-hybridized carbons (Fsp3) is 0.273. The lowest BCUT2D eigenvalue weighted by Crippen LogP contribution is -2.22. The monoisotopic (exact) mass is 226 g/mol. The second kappa shape index (κ2) is 3.66. The van der Waals surface area contributed by atoms with Gasteiger partial charge in [-0.25, -0.2) is 8.78 Å². The van der Waals surface area contributed by atoms with E-state index in [1.54, 1.807) is 0 Å². The zero-order chi connectivity index (χ0) is 11.9. The Morgan fingerprint density at radius 3 is 2.56 bits per heavy atom. The number of hydrogen-bond acceptors (Lipinski definition) is 3. The Kier molecular flexibility index (Phi) is 2.46. The lowest BCUT2D eigenvalue weighted by Gasteiger charge is -2.03. The van der Waals surface area contributed by atoms with Gasteiger partial charge in [0.15, 0.2) is 5.78 Å². The molecule has 0 N–H and O–H groups in total. The topological polar surface area (TPSA) is 43.4 Å². The van der Waals surface area contributed by atoms with Crippen molar-refractivity contribution in [3.8, 4) is 0 Å². The van der Waals surface area contributed by atoms with E-state index in [0.29, 0.717) is 0 Å². The van der Waals surface area contributed by atoms with E-state index in [1.807, 2.05) is 0 Å². The number of Topliss-reactive ketones (excluding diaryl/α,β-unsaturated/α-hetero) is 1. The Morgan fingerprint density at radius 2 is 2.00 bits per heavy atom. The summed E-state index contributed by atoms with van der Waals surface area (Å²) in [6, 6.07) is 1.83. The normalized spacial score (nSPS) is 18.4. The Hall–Kier alpha value is -1.78. The maximum atomic E-state index is 13.3. The standard InChI is InChI=1S/C11H8F2O3/c1-16-11(15)6-4-5-7(12)2-3-8(13)9(5)10(6)14/h2-3,6H,4H2,1H3. The number of carbonyl (C=O) groups is 2. The molecule has 0 saturated heterocycles. The molecule has 1 unspecified atom stereocenters. The minimum Gasteiger partial charge on any atom is -0.468 e. The summed E-state index contributed by atoms with van der Waals surface area (Å²) in [7, 11) is 1.13. The number of hydrogen-bond donors (Lipinski definition) is 0. The number of fused-ring (bicyclic) bond motifs is 1. The van der Waals surface area contributed by atoms with Crippen LogP contribution in [0, 0.1) is 17.6 Å². The molecule has 0 radical (unpaired) electrons. The van der Waals surface area contributed by atoms with Crippen molar-refractivity contribution in [2.75, 3.05) is 7.11 Å². The average molecular weight is 226 g/mol. The molecule has 0 saturated carbocycles. The number of esters is 1. The van der Waals surface area contributed by atoms with Crippen molar-refractivity contribution in [2.45, 2.75) is 6.42 Å². The lowest BCUT2D eigenvalue weighted by molar-refractivity contribution is -0.143. The van der Waals surface area contributed by atoms with Crippen molar-refractivity contribution < 1.29 is 23.1 Å². The maximum absolute atomic E-state index is 13.3. The first-order valence-electron chi connectivity index (χ1n) is 4.65. The van der Waals surface area contributed by atoms with E-state index >= 15 is 0 Å². The number of benzene rings is 1. The van der Waals surface area contributed by atoms with Gasteiger partial charge in [0, 0.05) is 5.56 Å². The van der Waals surface area contributed by atoms with Gasteiger partial charge in [0.05, 0.1) is 12.7 Å². The third kappa shape index (κ3) is 1.39. The van der Waals surface area contributed by atoms with Gasteiger partial charge in [-0.3, -0.25) is 9.59 Å². The Balaban J connectivity index is 2.50. The van der Waals surface area contributed by atoms with E-state index in [0.717, 1.165) is 19.2 Å². The molecule has 0 amide bonds. The van der Waals surface area contributed by atoms with Gasteiger partial charge in [0.2, 0.25) is 0 Å². The predicted molar refractivity (Wildman–Crippen MR) is 49.9 cm³/mol. The third-order valence-corrected chi connectivity index (χ3v) is 2.66. The van der Waals surface area contributed by atoms with Crippen LogP contribution in [0.15, 0.2) is 12.1 Å². The number of ether oxygens (including phenoxy) is 1. The second-order valence-corrected chi connectivity index (χ2v) is 3.53. The summed E-state index contributed by atoms with van der Waals surface area (Å²) in [6.07, 6.45) is -0.134. The molecular formula is C11H8F2O3. The molecule has 0 aliphatic heterocycles. The lowest BCUT2D eigenvalue weighted by atomic mass is 10.1. The first kappa shape index (κ1) is 10.7. The fourth-order valence-electron chi connectivity index (χ4n) is 1.86. The molecule has 1 atom stereocenters. The van der Waals surface area contributed by atoms with Crippen LogP contribution in [-0.4, -0.2) is 18.9 Å². The fourth-order valence-corrected chi connectivity index (χ4v) is 1.86. The van der Waals surface area contributed by atoms with E-state index in [4.69, 9.17) is 0 Å². The quantitative estimate of drug-likeness (QED) is 0.538. The molecule has 84 valence electrons. The summed E-state index contributed by atoms with van der Waals surface area (Å²) in [6.45, 7) is 0. The molecule has 0 aromatic heterocycles. The first-order valence-corrected chi connectivity index (χ1v) is 4.65. The number of halogens is 2. The van der Waals surface area contributed by atoms with Gasteiger partial charge in [0.1, 0.15) is 17.6 Å². The van der Waals surface area contributed by atoms with Crippen LogP contribution < -0.4 is 0 Å². The van der Waals surface area contributed by atoms with Gasteiger partial charge in [-0.15, -0.1) is 0 Å². The highest BCUT2D eigenvalue weighted by molar-refractivity contribution is 6.12. The van der Waals surface area contributed by atoms with Gasteiger partial charge in [-0.05, 0) is 18.6 Å². The number of ketones is 1. The summed E-state index contributed by atoms with van der Waals surface area (Å²) in [4.78, 5) is 22.9. The number of rotatable bonds is 1. The van der Waals surface area contributed by atoms with Gasteiger partial charge in [-0.2, -0.15) is 0 Å². The van der Waals surface area contributed by atoms with Crippen LogP contribution in [0.4, 0.5) is 8.78 Å². The molecule has 1 aromatic rings. The molecule has 1 aliphatic rings. The molecule has 1 aromatic carbocycles. The van der Waals surface area contributed by atoms with Gasteiger partial charge < -0.3 is 4.74 Å². The van der Waals surface area contributed by atoms with Crippen molar-refractivity contribution in [1.29, 1.82) is 0 Å². The van der Waals surface area contributed by atoms with Gasteiger partial charge >= 0.3 is 5.97 Å². The summed E-state index contributed by atoms with van der Waals surface area (Å²) < 4.78 is 31.0. The molecule has 3 nitrogen and oxygen atoms in total. The largest absolute Gasteiger partial charge is 0.468 e. The summed E-state index contributed by atoms with van der Waals surface area (Å²) in [5.41, 5.74) is -0.365. The minimum atomic E-state index is -1.12. The smallest absolute Gasteiger partial charge is 0.316 e. The van der Waals surface area contributed by atoms with Crippen LogP contribution in [0.3, 0.4) is 0 Å². The van der Waals surface area contributed by atoms with Crippen molar-refractivity contribution in [3.05, 3.63) is 34.9 Å². The highest BCUT2D eigenvalue weighted by Gasteiger charge is 2.40. The first-order chi connectivity index (χ1) is 7.56. The van der Waals surface area contributed by atoms with Crippen molar-refractivity contribution >= 4 is 11.8 Å². The van der Waals surface area contributed by atoms with E-state index < -0.39 is 29.3 Å². The van der Waals surface area contributed by atoms with Gasteiger partial charge in [-0.1, -0.05) is 0 Å². The maximum Gasteiger partial charge on any atom is 0.316 e. The highest BCUT2D eigenvalue weighted by atomic mass is 19.1.